The van der Waals surface area contributed by atoms with E-state index < -0.39 is 11.7 Å². The average Bonchev–Trinajstić information content (AvgIpc) is 2.85. The highest BCUT2D eigenvalue weighted by Crippen LogP contribution is 2.25. The van der Waals surface area contributed by atoms with Gasteiger partial charge in [-0.25, -0.2) is 9.37 Å². The van der Waals surface area contributed by atoms with E-state index >= 15 is 0 Å². The lowest BCUT2D eigenvalue weighted by molar-refractivity contribution is 0.0781. The van der Waals surface area contributed by atoms with Crippen LogP contribution >= 0.6 is 23.2 Å². The molecule has 0 aliphatic rings. The van der Waals surface area contributed by atoms with E-state index in [0.29, 0.717) is 5.82 Å². The van der Waals surface area contributed by atoms with E-state index in [2.05, 4.69) is 9.97 Å². The topological polar surface area (TPSA) is 49.0 Å². The zero-order chi connectivity index (χ0) is 14.0. The number of nitrogens with zero attached hydrogens (tertiary/aromatic N) is 2. The van der Waals surface area contributed by atoms with Crippen LogP contribution in [0.2, 0.25) is 10.0 Å². The Hall–Kier alpha value is -1.59. The van der Waals surface area contributed by atoms with Gasteiger partial charge in [-0.15, -0.1) is 0 Å². The Labute approximate surface area is 119 Å². The minimum absolute atomic E-state index is 0.0672. The Morgan fingerprint density at radius 2 is 2.16 bits per heavy atom. The summed E-state index contributed by atoms with van der Waals surface area (Å²) in [6, 6.07) is 2.25. The van der Waals surface area contributed by atoms with E-state index in [4.69, 9.17) is 23.2 Å². The van der Waals surface area contributed by atoms with Gasteiger partial charge in [-0.2, -0.15) is 0 Å². The summed E-state index contributed by atoms with van der Waals surface area (Å²) in [5.41, 5.74) is 0.0672. The van der Waals surface area contributed by atoms with E-state index in [9.17, 15) is 9.18 Å². The molecule has 2 rings (SSSR count). The van der Waals surface area contributed by atoms with Gasteiger partial charge in [0, 0.05) is 19.4 Å². The number of imidazole rings is 1. The molecular formula is C12H10Cl2FN3O. The van der Waals surface area contributed by atoms with Gasteiger partial charge in [-0.1, -0.05) is 23.2 Å². The molecule has 4 nitrogen and oxygen atoms in total. The number of carbonyl (C=O) groups is 1. The maximum absolute atomic E-state index is 13.4. The van der Waals surface area contributed by atoms with E-state index in [1.165, 1.54) is 11.0 Å². The molecule has 0 saturated heterocycles. The minimum atomic E-state index is -0.680. The molecule has 0 atom stereocenters. The van der Waals surface area contributed by atoms with Crippen LogP contribution in [-0.4, -0.2) is 27.8 Å². The second-order valence-corrected chi connectivity index (χ2v) is 4.76. The predicted octanol–water partition coefficient (Wildman–Crippen LogP) is 3.13. The highest BCUT2D eigenvalue weighted by atomic mass is 35.5. The van der Waals surface area contributed by atoms with Crippen molar-refractivity contribution in [3.05, 3.63) is 51.8 Å². The fourth-order valence-corrected chi connectivity index (χ4v) is 2.04. The van der Waals surface area contributed by atoms with Crippen LogP contribution in [0.5, 0.6) is 0 Å². The number of amides is 1. The summed E-state index contributed by atoms with van der Waals surface area (Å²) in [6.07, 6.45) is 3.24. The fraction of sp³-hybridized carbons (Fsp3) is 0.167. The normalized spacial score (nSPS) is 10.5. The molecule has 2 aromatic rings. The van der Waals surface area contributed by atoms with Crippen LogP contribution in [0.3, 0.4) is 0 Å². The molecule has 0 saturated carbocycles. The molecule has 0 unspecified atom stereocenters. The first-order chi connectivity index (χ1) is 8.99. The first-order valence-corrected chi connectivity index (χ1v) is 6.13. The van der Waals surface area contributed by atoms with Gasteiger partial charge in [-0.3, -0.25) is 4.79 Å². The molecule has 0 bridgehead atoms. The standard InChI is InChI=1S/C12H10Cl2FN3O/c1-18(6-11-16-2-3-17-11)12(19)7-4-10(15)9(14)5-8(7)13/h2-5H,6H2,1H3,(H,16,17). The Morgan fingerprint density at radius 3 is 2.79 bits per heavy atom. The van der Waals surface area contributed by atoms with Crippen molar-refractivity contribution in [3.8, 4) is 0 Å². The number of hydrogen-bond acceptors (Lipinski definition) is 2. The van der Waals surface area contributed by atoms with E-state index in [1.807, 2.05) is 0 Å². The number of aromatic amines is 1. The van der Waals surface area contributed by atoms with Crippen molar-refractivity contribution in [2.45, 2.75) is 6.54 Å². The Balaban J connectivity index is 2.21. The quantitative estimate of drug-likeness (QED) is 0.886. The average molecular weight is 302 g/mol. The molecule has 19 heavy (non-hydrogen) atoms. The molecule has 100 valence electrons. The molecule has 0 radical (unpaired) electrons. The maximum atomic E-state index is 13.4. The molecule has 0 aliphatic carbocycles. The molecule has 1 heterocycles. The molecule has 0 fully saturated rings. The molecule has 0 aliphatic heterocycles. The lowest BCUT2D eigenvalue weighted by Gasteiger charge is -2.16. The summed E-state index contributed by atoms with van der Waals surface area (Å²) in [6.45, 7) is 0.270. The number of rotatable bonds is 3. The number of halogens is 3. The summed E-state index contributed by atoms with van der Waals surface area (Å²) in [7, 11) is 1.58. The largest absolute Gasteiger partial charge is 0.347 e. The van der Waals surface area contributed by atoms with Crippen molar-refractivity contribution in [2.75, 3.05) is 7.05 Å². The predicted molar refractivity (Wildman–Crippen MR) is 70.8 cm³/mol. The number of hydrogen-bond donors (Lipinski definition) is 1. The fourth-order valence-electron chi connectivity index (χ4n) is 1.57. The maximum Gasteiger partial charge on any atom is 0.255 e. The lowest BCUT2D eigenvalue weighted by Crippen LogP contribution is -2.27. The lowest BCUT2D eigenvalue weighted by atomic mass is 10.2. The zero-order valence-electron chi connectivity index (χ0n) is 9.95. The minimum Gasteiger partial charge on any atom is -0.347 e. The van der Waals surface area contributed by atoms with Crippen LogP contribution in [-0.2, 0) is 6.54 Å². The van der Waals surface area contributed by atoms with Gasteiger partial charge in [0.05, 0.1) is 22.2 Å². The smallest absolute Gasteiger partial charge is 0.255 e. The SMILES string of the molecule is CN(Cc1ncc[nH]1)C(=O)c1cc(F)c(Cl)cc1Cl. The Bertz CT molecular complexity index is 601. The molecular weight excluding hydrogens is 292 g/mol. The number of benzene rings is 1. The van der Waals surface area contributed by atoms with Gasteiger partial charge in [-0.05, 0) is 12.1 Å². The van der Waals surface area contributed by atoms with E-state index in [0.717, 1.165) is 6.07 Å². The number of aromatic nitrogens is 2. The Morgan fingerprint density at radius 1 is 1.42 bits per heavy atom. The van der Waals surface area contributed by atoms with E-state index in [1.54, 1.807) is 19.4 Å². The number of nitrogens with one attached hydrogen (secondary N) is 1. The van der Waals surface area contributed by atoms with Crippen LogP contribution in [0, 0.1) is 5.82 Å². The molecule has 1 aromatic carbocycles. The van der Waals surface area contributed by atoms with Crippen LogP contribution in [0.15, 0.2) is 24.5 Å². The Kier molecular flexibility index (Phi) is 4.07. The summed E-state index contributed by atoms with van der Waals surface area (Å²) in [5, 5.41) is -0.00191. The summed E-state index contributed by atoms with van der Waals surface area (Å²) >= 11 is 11.5. The third kappa shape index (κ3) is 3.05. The van der Waals surface area contributed by atoms with Crippen molar-refractivity contribution in [1.82, 2.24) is 14.9 Å². The third-order valence-electron chi connectivity index (χ3n) is 2.53. The van der Waals surface area contributed by atoms with Crippen molar-refractivity contribution >= 4 is 29.1 Å². The van der Waals surface area contributed by atoms with Crippen molar-refractivity contribution in [1.29, 1.82) is 0 Å². The summed E-state index contributed by atoms with van der Waals surface area (Å²) in [5.74, 6) is -0.459. The molecule has 0 spiro atoms. The van der Waals surface area contributed by atoms with Gasteiger partial charge in [0.25, 0.3) is 5.91 Å². The third-order valence-corrected chi connectivity index (χ3v) is 3.13. The van der Waals surface area contributed by atoms with Gasteiger partial charge >= 0.3 is 0 Å². The monoisotopic (exact) mass is 301 g/mol. The highest BCUT2D eigenvalue weighted by molar-refractivity contribution is 6.36. The first-order valence-electron chi connectivity index (χ1n) is 5.37. The van der Waals surface area contributed by atoms with Crippen LogP contribution in [0.1, 0.15) is 16.2 Å². The molecule has 1 N–H and O–H groups in total. The van der Waals surface area contributed by atoms with Gasteiger partial charge < -0.3 is 9.88 Å². The second-order valence-electron chi connectivity index (χ2n) is 3.94. The second kappa shape index (κ2) is 5.59. The number of carbonyl (C=O) groups excluding carboxylic acids is 1. The van der Waals surface area contributed by atoms with Gasteiger partial charge in [0.15, 0.2) is 0 Å². The van der Waals surface area contributed by atoms with E-state index in [-0.39, 0.29) is 22.2 Å². The summed E-state index contributed by atoms with van der Waals surface area (Å²) in [4.78, 5) is 20.4. The molecule has 1 aromatic heterocycles. The highest BCUT2D eigenvalue weighted by Gasteiger charge is 2.18. The summed E-state index contributed by atoms with van der Waals surface area (Å²) < 4.78 is 13.4. The van der Waals surface area contributed by atoms with Gasteiger partial charge in [0.2, 0.25) is 0 Å². The van der Waals surface area contributed by atoms with Crippen LogP contribution in [0.25, 0.3) is 0 Å². The first kappa shape index (κ1) is 13.8. The van der Waals surface area contributed by atoms with Crippen LogP contribution < -0.4 is 0 Å². The van der Waals surface area contributed by atoms with Gasteiger partial charge in [0.1, 0.15) is 11.6 Å². The zero-order valence-corrected chi connectivity index (χ0v) is 11.5. The van der Waals surface area contributed by atoms with Crippen molar-refractivity contribution in [2.24, 2.45) is 0 Å². The number of H-pyrrole nitrogens is 1. The van der Waals surface area contributed by atoms with Crippen molar-refractivity contribution < 1.29 is 9.18 Å². The molecule has 7 heteroatoms. The molecule has 1 amide bonds. The van der Waals surface area contributed by atoms with Crippen molar-refractivity contribution in [3.63, 3.8) is 0 Å². The van der Waals surface area contributed by atoms with Crippen LogP contribution in [0.4, 0.5) is 4.39 Å².